The Bertz CT molecular complexity index is 781. The van der Waals surface area contributed by atoms with Crippen molar-refractivity contribution in [3.8, 4) is 0 Å². The van der Waals surface area contributed by atoms with E-state index in [1.165, 1.54) is 0 Å². The minimum absolute atomic E-state index is 0.0164. The van der Waals surface area contributed by atoms with E-state index in [4.69, 9.17) is 0 Å². The molecule has 0 saturated carbocycles. The highest BCUT2D eigenvalue weighted by Crippen LogP contribution is 2.25. The summed E-state index contributed by atoms with van der Waals surface area (Å²) in [6, 6.07) is 7.40. The Morgan fingerprint density at radius 1 is 1.19 bits per heavy atom. The molecule has 0 saturated heterocycles. The maximum atomic E-state index is 12.3. The van der Waals surface area contributed by atoms with Crippen molar-refractivity contribution in [2.24, 2.45) is 0 Å². The summed E-state index contributed by atoms with van der Waals surface area (Å²) in [6.45, 7) is 8.36. The molecule has 0 spiro atoms. The van der Waals surface area contributed by atoms with Crippen LogP contribution in [0.2, 0.25) is 0 Å². The number of hydrogen-bond acceptors (Lipinski definition) is 3. The summed E-state index contributed by atoms with van der Waals surface area (Å²) in [5.74, 6) is -0.0237. The maximum Gasteiger partial charge on any atom is 0.273 e. The third-order valence-corrected chi connectivity index (χ3v) is 5.08. The first-order chi connectivity index (χ1) is 12.2. The highest BCUT2D eigenvalue weighted by molar-refractivity contribution is 9.10. The SMILES string of the molecule is CC(C)c1[nH]nc(C(=O)NCc2ccc(C(=O)N(C)C(C)C)cc2)c1Br. The summed E-state index contributed by atoms with van der Waals surface area (Å²) in [5, 5.41) is 9.83. The van der Waals surface area contributed by atoms with Gasteiger partial charge in [-0.1, -0.05) is 26.0 Å². The molecule has 0 aliphatic rings. The smallest absolute Gasteiger partial charge is 0.273 e. The van der Waals surface area contributed by atoms with E-state index in [-0.39, 0.29) is 23.8 Å². The molecule has 0 bridgehead atoms. The van der Waals surface area contributed by atoms with Crippen molar-refractivity contribution in [1.82, 2.24) is 20.4 Å². The Labute approximate surface area is 162 Å². The number of amides is 2. The Kier molecular flexibility index (Phi) is 6.58. The molecule has 2 amide bonds. The van der Waals surface area contributed by atoms with Crippen molar-refractivity contribution >= 4 is 27.7 Å². The van der Waals surface area contributed by atoms with Crippen LogP contribution in [0.4, 0.5) is 0 Å². The highest BCUT2D eigenvalue weighted by Gasteiger charge is 2.19. The lowest BCUT2D eigenvalue weighted by Gasteiger charge is -2.21. The van der Waals surface area contributed by atoms with Gasteiger partial charge in [-0.3, -0.25) is 14.7 Å². The number of hydrogen-bond donors (Lipinski definition) is 2. The van der Waals surface area contributed by atoms with Crippen LogP contribution in [0.5, 0.6) is 0 Å². The number of benzene rings is 1. The number of nitrogens with one attached hydrogen (secondary N) is 2. The molecule has 0 unspecified atom stereocenters. The van der Waals surface area contributed by atoms with Crippen LogP contribution in [0.3, 0.4) is 0 Å². The fourth-order valence-electron chi connectivity index (χ4n) is 2.34. The fraction of sp³-hybridized carbons (Fsp3) is 0.421. The van der Waals surface area contributed by atoms with Crippen LogP contribution < -0.4 is 5.32 Å². The van der Waals surface area contributed by atoms with Crippen LogP contribution >= 0.6 is 15.9 Å². The second-order valence-electron chi connectivity index (χ2n) is 6.84. The van der Waals surface area contributed by atoms with Gasteiger partial charge in [0.2, 0.25) is 0 Å². The number of carbonyl (C=O) groups is 2. The van der Waals surface area contributed by atoms with E-state index in [0.29, 0.717) is 22.3 Å². The summed E-state index contributed by atoms with van der Waals surface area (Å²) in [6.07, 6.45) is 0. The van der Waals surface area contributed by atoms with Gasteiger partial charge in [-0.2, -0.15) is 5.10 Å². The summed E-state index contributed by atoms with van der Waals surface area (Å²) in [4.78, 5) is 26.3. The molecule has 1 aromatic carbocycles. The second kappa shape index (κ2) is 8.49. The van der Waals surface area contributed by atoms with E-state index in [2.05, 4.69) is 31.4 Å². The largest absolute Gasteiger partial charge is 0.347 e. The molecule has 2 N–H and O–H groups in total. The molecular weight excluding hydrogens is 396 g/mol. The molecule has 2 aromatic rings. The Balaban J connectivity index is 2.00. The van der Waals surface area contributed by atoms with E-state index >= 15 is 0 Å². The van der Waals surface area contributed by atoms with Gasteiger partial charge in [0.15, 0.2) is 5.69 Å². The van der Waals surface area contributed by atoms with Gasteiger partial charge in [-0.05, 0) is 53.4 Å². The predicted octanol–water partition coefficient (Wildman–Crippen LogP) is 3.71. The Morgan fingerprint density at radius 2 is 1.81 bits per heavy atom. The number of aromatic amines is 1. The zero-order valence-electron chi connectivity index (χ0n) is 15.8. The zero-order chi connectivity index (χ0) is 19.4. The molecule has 0 aliphatic heterocycles. The molecule has 1 heterocycles. The molecule has 0 fully saturated rings. The maximum absolute atomic E-state index is 12.3. The van der Waals surface area contributed by atoms with Gasteiger partial charge in [-0.15, -0.1) is 0 Å². The summed E-state index contributed by atoms with van der Waals surface area (Å²) >= 11 is 3.43. The first-order valence-corrected chi connectivity index (χ1v) is 9.39. The van der Waals surface area contributed by atoms with Gasteiger partial charge in [0.05, 0.1) is 10.2 Å². The third kappa shape index (κ3) is 4.52. The van der Waals surface area contributed by atoms with Crippen LogP contribution in [-0.2, 0) is 6.54 Å². The molecule has 1 aromatic heterocycles. The van der Waals surface area contributed by atoms with Gasteiger partial charge in [0, 0.05) is 25.2 Å². The molecule has 140 valence electrons. The van der Waals surface area contributed by atoms with Crippen LogP contribution in [0.25, 0.3) is 0 Å². The third-order valence-electron chi connectivity index (χ3n) is 4.27. The van der Waals surface area contributed by atoms with Gasteiger partial charge >= 0.3 is 0 Å². The summed E-state index contributed by atoms with van der Waals surface area (Å²) in [5.41, 5.74) is 2.79. The average Bonchev–Trinajstić information content (AvgIpc) is 3.00. The van der Waals surface area contributed by atoms with Crippen molar-refractivity contribution < 1.29 is 9.59 Å². The average molecular weight is 421 g/mol. The number of aromatic nitrogens is 2. The molecule has 0 radical (unpaired) electrons. The Hall–Kier alpha value is -2.15. The number of halogens is 1. The highest BCUT2D eigenvalue weighted by atomic mass is 79.9. The fourth-order valence-corrected chi connectivity index (χ4v) is 3.16. The molecule has 6 nitrogen and oxygen atoms in total. The molecular formula is C19H25BrN4O2. The summed E-state index contributed by atoms with van der Waals surface area (Å²) < 4.78 is 0.697. The van der Waals surface area contributed by atoms with Crippen LogP contribution in [0.1, 0.15) is 65.7 Å². The monoisotopic (exact) mass is 420 g/mol. The second-order valence-corrected chi connectivity index (χ2v) is 7.64. The minimum atomic E-state index is -0.250. The van der Waals surface area contributed by atoms with E-state index in [9.17, 15) is 9.59 Å². The lowest BCUT2D eigenvalue weighted by atomic mass is 10.1. The van der Waals surface area contributed by atoms with Crippen LogP contribution in [-0.4, -0.2) is 40.0 Å². The van der Waals surface area contributed by atoms with Crippen molar-refractivity contribution in [2.45, 2.75) is 46.2 Å². The number of carbonyl (C=O) groups excluding carboxylic acids is 2. The normalized spacial score (nSPS) is 11.1. The molecule has 0 aliphatic carbocycles. The van der Waals surface area contributed by atoms with Gasteiger partial charge in [-0.25, -0.2) is 0 Å². The van der Waals surface area contributed by atoms with E-state index < -0.39 is 0 Å². The first kappa shape index (κ1) is 20.2. The van der Waals surface area contributed by atoms with Crippen molar-refractivity contribution in [1.29, 1.82) is 0 Å². The first-order valence-electron chi connectivity index (χ1n) is 8.60. The Morgan fingerprint density at radius 3 is 2.31 bits per heavy atom. The summed E-state index contributed by atoms with van der Waals surface area (Å²) in [7, 11) is 1.79. The number of rotatable bonds is 6. The lowest BCUT2D eigenvalue weighted by molar-refractivity contribution is 0.0754. The lowest BCUT2D eigenvalue weighted by Crippen LogP contribution is -2.32. The van der Waals surface area contributed by atoms with Crippen molar-refractivity contribution in [2.75, 3.05) is 7.05 Å². The standard InChI is InChI=1S/C19H25BrN4O2/c1-11(2)16-15(20)17(23-22-16)18(25)21-10-13-6-8-14(9-7-13)19(26)24(5)12(3)4/h6-9,11-12H,10H2,1-5H3,(H,21,25)(H,22,23). The molecule has 0 atom stereocenters. The molecule has 26 heavy (non-hydrogen) atoms. The van der Waals surface area contributed by atoms with E-state index in [1.807, 2.05) is 39.8 Å². The number of nitrogens with zero attached hydrogens (tertiary/aromatic N) is 2. The van der Waals surface area contributed by atoms with Crippen LogP contribution in [0.15, 0.2) is 28.7 Å². The topological polar surface area (TPSA) is 78.1 Å². The number of H-pyrrole nitrogens is 1. The van der Waals surface area contributed by atoms with Gasteiger partial charge in [0.1, 0.15) is 0 Å². The molecule has 7 heteroatoms. The van der Waals surface area contributed by atoms with Crippen molar-refractivity contribution in [3.63, 3.8) is 0 Å². The predicted molar refractivity (Wildman–Crippen MR) is 105 cm³/mol. The van der Waals surface area contributed by atoms with Gasteiger partial charge in [0.25, 0.3) is 11.8 Å². The van der Waals surface area contributed by atoms with Crippen molar-refractivity contribution in [3.05, 3.63) is 51.3 Å². The minimum Gasteiger partial charge on any atom is -0.347 e. The van der Waals surface area contributed by atoms with E-state index in [0.717, 1.165) is 11.3 Å². The quantitative estimate of drug-likeness (QED) is 0.747. The van der Waals surface area contributed by atoms with Gasteiger partial charge < -0.3 is 10.2 Å². The zero-order valence-corrected chi connectivity index (χ0v) is 17.3. The van der Waals surface area contributed by atoms with E-state index in [1.54, 1.807) is 24.1 Å². The van der Waals surface area contributed by atoms with Crippen LogP contribution in [0, 0.1) is 0 Å². The molecule has 2 rings (SSSR count).